The van der Waals surface area contributed by atoms with Crippen LogP contribution in [0.3, 0.4) is 0 Å². The second kappa shape index (κ2) is 12.5. The second-order valence-electron chi connectivity index (χ2n) is 9.57. The molecule has 1 aliphatic rings. The van der Waals surface area contributed by atoms with Gasteiger partial charge in [0.25, 0.3) is 0 Å². The fraction of sp³-hybridized carbons (Fsp3) is 0.462. The molecule has 14 heteroatoms. The maximum Gasteiger partial charge on any atom is 0.416 e. The summed E-state index contributed by atoms with van der Waals surface area (Å²) in [6.45, 7) is 1.47. The van der Waals surface area contributed by atoms with E-state index in [1.165, 1.54) is 30.1 Å². The number of carbonyl (C=O) groups excluding carboxylic acids is 2. The lowest BCUT2D eigenvalue weighted by Crippen LogP contribution is -2.52. The molecule has 3 rings (SSSR count). The van der Waals surface area contributed by atoms with E-state index in [-0.39, 0.29) is 43.1 Å². The number of likely N-dealkylation sites (tertiary alicyclic amines) is 1. The molecule has 0 bridgehead atoms. The minimum absolute atomic E-state index is 0.0275. The van der Waals surface area contributed by atoms with Crippen molar-refractivity contribution in [2.24, 2.45) is 0 Å². The smallest absolute Gasteiger partial charge is 0.337 e. The zero-order valence-corrected chi connectivity index (χ0v) is 22.4. The van der Waals surface area contributed by atoms with Crippen LogP contribution in [0.5, 0.6) is 0 Å². The van der Waals surface area contributed by atoms with Crippen molar-refractivity contribution in [3.05, 3.63) is 70.0 Å². The summed E-state index contributed by atoms with van der Waals surface area (Å²) in [7, 11) is 1.27. The lowest BCUT2D eigenvalue weighted by Gasteiger charge is -2.42. The number of halogens is 8. The maximum atomic E-state index is 13.8. The topological polar surface area (TPSA) is 64.7 Å². The molecule has 0 aromatic heterocycles. The van der Waals surface area contributed by atoms with Gasteiger partial charge in [-0.2, -0.15) is 26.3 Å². The number of urea groups is 2. The Balaban J connectivity index is 1.87. The number of carbonyl (C=O) groups is 2. The van der Waals surface area contributed by atoms with Crippen LogP contribution < -0.4 is 10.6 Å². The van der Waals surface area contributed by atoms with Crippen molar-refractivity contribution in [1.82, 2.24) is 20.4 Å². The lowest BCUT2D eigenvalue weighted by atomic mass is 9.89. The molecule has 4 amide bonds. The number of alkyl halides is 7. The van der Waals surface area contributed by atoms with Crippen molar-refractivity contribution in [2.75, 3.05) is 26.0 Å². The van der Waals surface area contributed by atoms with Crippen molar-refractivity contribution in [3.8, 4) is 0 Å². The van der Waals surface area contributed by atoms with Crippen LogP contribution in [0.2, 0.25) is 0 Å². The van der Waals surface area contributed by atoms with Gasteiger partial charge in [0.2, 0.25) is 0 Å². The van der Waals surface area contributed by atoms with Crippen LogP contribution in [0.4, 0.5) is 40.3 Å². The fourth-order valence-electron chi connectivity index (χ4n) is 4.70. The molecule has 2 atom stereocenters. The van der Waals surface area contributed by atoms with Gasteiger partial charge in [-0.25, -0.2) is 14.0 Å². The van der Waals surface area contributed by atoms with E-state index in [1.807, 2.05) is 0 Å². The van der Waals surface area contributed by atoms with Gasteiger partial charge in [0.05, 0.1) is 17.2 Å². The average molecular weight is 597 g/mol. The number of hydrogen-bond donors (Lipinski definition) is 2. The second-order valence-corrected chi connectivity index (χ2v) is 9.95. The van der Waals surface area contributed by atoms with Crippen LogP contribution in [0.15, 0.2) is 36.4 Å². The molecule has 1 heterocycles. The summed E-state index contributed by atoms with van der Waals surface area (Å²) in [5.41, 5.74) is -2.17. The number of piperidine rings is 1. The van der Waals surface area contributed by atoms with Crippen molar-refractivity contribution in [2.45, 2.75) is 50.7 Å². The van der Waals surface area contributed by atoms with E-state index in [9.17, 15) is 40.3 Å². The zero-order valence-electron chi connectivity index (χ0n) is 21.6. The third-order valence-electron chi connectivity index (χ3n) is 6.55. The van der Waals surface area contributed by atoms with E-state index in [0.717, 1.165) is 4.90 Å². The van der Waals surface area contributed by atoms with Crippen LogP contribution in [-0.4, -0.2) is 53.9 Å². The van der Waals surface area contributed by atoms with E-state index >= 15 is 0 Å². The van der Waals surface area contributed by atoms with Gasteiger partial charge in [0.15, 0.2) is 0 Å². The van der Waals surface area contributed by atoms with Crippen LogP contribution in [0.25, 0.3) is 0 Å². The van der Waals surface area contributed by atoms with Crippen LogP contribution in [0.1, 0.15) is 46.7 Å². The quantitative estimate of drug-likeness (QED) is 0.297. The highest BCUT2D eigenvalue weighted by Gasteiger charge is 2.38. The van der Waals surface area contributed by atoms with Crippen molar-refractivity contribution in [1.29, 1.82) is 0 Å². The predicted molar refractivity (Wildman–Crippen MR) is 134 cm³/mol. The first-order valence-corrected chi connectivity index (χ1v) is 12.8. The third-order valence-corrected chi connectivity index (χ3v) is 6.74. The van der Waals surface area contributed by atoms with Crippen LogP contribution >= 0.6 is 11.6 Å². The Morgan fingerprint density at radius 3 is 2.23 bits per heavy atom. The highest BCUT2D eigenvalue weighted by Crippen LogP contribution is 2.37. The minimum Gasteiger partial charge on any atom is -0.337 e. The van der Waals surface area contributed by atoms with Gasteiger partial charge in [0.1, 0.15) is 5.82 Å². The van der Waals surface area contributed by atoms with Crippen LogP contribution in [-0.2, 0) is 18.9 Å². The number of benzene rings is 2. The lowest BCUT2D eigenvalue weighted by molar-refractivity contribution is -0.143. The van der Waals surface area contributed by atoms with Gasteiger partial charge >= 0.3 is 24.4 Å². The number of aryl methyl sites for hydroxylation is 1. The SMILES string of the molecule is Cc1cc(F)ccc1[C@H]1C[C@@H](NC(=O)NCCCl)CCN1C(=O)N(C)Cc1cc(C(F)(F)F)cc(C(F)(F)F)c1. The zero-order chi connectivity index (χ0) is 29.8. The molecule has 0 saturated carbocycles. The molecule has 2 N–H and O–H groups in total. The first kappa shape index (κ1) is 31.3. The van der Waals surface area contributed by atoms with Gasteiger partial charge in [-0.3, -0.25) is 0 Å². The number of hydrogen-bond acceptors (Lipinski definition) is 2. The molecule has 0 radical (unpaired) electrons. The summed E-state index contributed by atoms with van der Waals surface area (Å²) in [6.07, 6.45) is -9.47. The summed E-state index contributed by atoms with van der Waals surface area (Å²) in [5, 5.41) is 5.39. The molecule has 6 nitrogen and oxygen atoms in total. The molecule has 2 aromatic carbocycles. The van der Waals surface area contributed by atoms with E-state index in [0.29, 0.717) is 29.7 Å². The number of amides is 4. The monoisotopic (exact) mass is 596 g/mol. The van der Waals surface area contributed by atoms with Crippen molar-refractivity contribution >= 4 is 23.7 Å². The number of nitrogens with one attached hydrogen (secondary N) is 2. The third kappa shape index (κ3) is 7.92. The van der Waals surface area contributed by atoms with E-state index in [1.54, 1.807) is 6.92 Å². The predicted octanol–water partition coefficient (Wildman–Crippen LogP) is 6.47. The largest absolute Gasteiger partial charge is 0.416 e. The summed E-state index contributed by atoms with van der Waals surface area (Å²) in [6, 6.07) is 3.06. The van der Waals surface area contributed by atoms with Crippen LogP contribution in [0, 0.1) is 12.7 Å². The summed E-state index contributed by atoms with van der Waals surface area (Å²) >= 11 is 5.59. The highest BCUT2D eigenvalue weighted by molar-refractivity contribution is 6.18. The standard InChI is InChI=1S/C26H28ClF7N4O2/c1-15-9-19(28)3-4-21(15)22-13-20(36-23(39)35-7-6-27)5-8-38(22)24(40)37(2)14-16-10-17(25(29,30)31)12-18(11-16)26(32,33)34/h3-4,9-12,20,22H,5-8,13-14H2,1-2H3,(H2,35,36,39)/t20-,22+/m0/s1. The van der Waals surface area contributed by atoms with Gasteiger partial charge in [0, 0.05) is 38.6 Å². The molecule has 0 aliphatic carbocycles. The Kier molecular flexibility index (Phi) is 9.81. The van der Waals surface area contributed by atoms with Gasteiger partial charge in [-0.15, -0.1) is 11.6 Å². The summed E-state index contributed by atoms with van der Waals surface area (Å²) < 4.78 is 93.6. The van der Waals surface area contributed by atoms with E-state index < -0.39 is 53.9 Å². The molecule has 2 aromatic rings. The van der Waals surface area contributed by atoms with Crippen molar-refractivity contribution in [3.63, 3.8) is 0 Å². The fourth-order valence-corrected chi connectivity index (χ4v) is 4.80. The Hall–Kier alpha value is -3.22. The maximum absolute atomic E-state index is 13.8. The molecule has 1 saturated heterocycles. The molecular weight excluding hydrogens is 569 g/mol. The highest BCUT2D eigenvalue weighted by atomic mass is 35.5. The Labute approximate surface area is 231 Å². The molecule has 220 valence electrons. The Morgan fingerprint density at radius 2 is 1.68 bits per heavy atom. The molecule has 1 aliphatic heterocycles. The van der Waals surface area contributed by atoms with Crippen molar-refractivity contribution < 1.29 is 40.3 Å². The normalized spacial score (nSPS) is 17.9. The molecule has 1 fully saturated rings. The summed E-state index contributed by atoms with van der Waals surface area (Å²) in [5.74, 6) is -0.285. The number of rotatable bonds is 6. The van der Waals surface area contributed by atoms with E-state index in [2.05, 4.69) is 10.6 Å². The Bertz CT molecular complexity index is 1190. The molecular formula is C26H28ClF7N4O2. The molecule has 40 heavy (non-hydrogen) atoms. The van der Waals surface area contributed by atoms with Gasteiger partial charge in [-0.05, 0) is 66.8 Å². The Morgan fingerprint density at radius 1 is 1.05 bits per heavy atom. The minimum atomic E-state index is -5.02. The average Bonchev–Trinajstić information content (AvgIpc) is 2.86. The molecule has 0 unspecified atom stereocenters. The van der Waals surface area contributed by atoms with E-state index in [4.69, 9.17) is 11.6 Å². The molecule has 0 spiro atoms. The first-order valence-electron chi connectivity index (χ1n) is 12.3. The van der Waals surface area contributed by atoms with Gasteiger partial charge in [-0.1, -0.05) is 6.07 Å². The van der Waals surface area contributed by atoms with Gasteiger partial charge < -0.3 is 20.4 Å². The first-order chi connectivity index (χ1) is 18.6. The summed E-state index contributed by atoms with van der Waals surface area (Å²) in [4.78, 5) is 28.1. The number of nitrogens with zero attached hydrogens (tertiary/aromatic N) is 2.